The Morgan fingerprint density at radius 1 is 0.889 bits per heavy atom. The topological polar surface area (TPSA) is 210 Å². The Bertz CT molecular complexity index is 3060. The van der Waals surface area contributed by atoms with Crippen LogP contribution in [0.2, 0.25) is 0 Å². The SMILES string of the molecule is CCc1cc(Nc2ncc(Br)c(Nc3ccc4nccnc4c3NS(C)(=O)=O)n2)c(OC)cc1N1CCC(N2CCN(CC3CC4(C3)CN(c3ccc5c(c3)CN(C3CCC(=O)NC3=O)C5=O)C4)CC2)CC1. The van der Waals surface area contributed by atoms with E-state index in [2.05, 4.69) is 102 Å². The molecule has 2 aromatic heterocycles. The number of aryl methyl sites for hydroxylation is 1. The van der Waals surface area contributed by atoms with Gasteiger partial charge in [-0.1, -0.05) is 6.92 Å². The molecule has 6 aliphatic rings. The average Bonchev–Trinajstić information content (AvgIpc) is 3.67. The Hall–Kier alpha value is -6.16. The number of piperazine rings is 1. The number of carbonyl (C=O) groups is 3. The molecule has 5 fully saturated rings. The molecule has 1 atom stereocenters. The van der Waals surface area contributed by atoms with Gasteiger partial charge in [-0.2, -0.15) is 4.98 Å². The van der Waals surface area contributed by atoms with Crippen LogP contribution in [0, 0.1) is 11.3 Å². The van der Waals surface area contributed by atoms with Crippen LogP contribution in [-0.4, -0.2) is 145 Å². The zero-order chi connectivity index (χ0) is 49.9. The molecule has 1 unspecified atom stereocenters. The fourth-order valence-corrected chi connectivity index (χ4v) is 12.9. The number of hydrogen-bond donors (Lipinski definition) is 4. The van der Waals surface area contributed by atoms with E-state index in [0.29, 0.717) is 68.7 Å². The molecule has 4 saturated heterocycles. The summed E-state index contributed by atoms with van der Waals surface area (Å²) in [7, 11) is -1.98. The van der Waals surface area contributed by atoms with Crippen molar-refractivity contribution in [3.63, 3.8) is 0 Å². The number of anilines is 7. The second-order valence-electron chi connectivity index (χ2n) is 20.4. The van der Waals surface area contributed by atoms with Crippen LogP contribution in [-0.2, 0) is 32.6 Å². The van der Waals surface area contributed by atoms with Gasteiger partial charge in [0.15, 0.2) is 0 Å². The number of imide groups is 1. The van der Waals surface area contributed by atoms with Crippen molar-refractivity contribution in [2.45, 2.75) is 70.5 Å². The third-order valence-corrected chi connectivity index (χ3v) is 16.7. The molecule has 7 heterocycles. The molecule has 1 aliphatic carbocycles. The van der Waals surface area contributed by atoms with Crippen LogP contribution < -0.4 is 35.2 Å². The van der Waals surface area contributed by atoms with Gasteiger partial charge < -0.3 is 35.0 Å². The monoisotopic (exact) mass is 1060 g/mol. The summed E-state index contributed by atoms with van der Waals surface area (Å²) in [5, 5.41) is 9.02. The van der Waals surface area contributed by atoms with Gasteiger partial charge in [0, 0.05) is 125 Å². The largest absolute Gasteiger partial charge is 0.494 e. The first-order valence-electron chi connectivity index (χ1n) is 24.9. The summed E-state index contributed by atoms with van der Waals surface area (Å²) in [6.45, 7) is 12.3. The third kappa shape index (κ3) is 9.62. The maximum absolute atomic E-state index is 13.2. The van der Waals surface area contributed by atoms with Gasteiger partial charge in [-0.3, -0.25) is 39.3 Å². The first-order valence-corrected chi connectivity index (χ1v) is 27.6. The van der Waals surface area contributed by atoms with Crippen LogP contribution in [0.15, 0.2) is 65.5 Å². The van der Waals surface area contributed by atoms with E-state index in [1.165, 1.54) is 36.8 Å². The van der Waals surface area contributed by atoms with Crippen molar-refractivity contribution in [3.8, 4) is 5.75 Å². The smallest absolute Gasteiger partial charge is 0.255 e. The van der Waals surface area contributed by atoms with E-state index in [9.17, 15) is 22.8 Å². The fourth-order valence-electron chi connectivity index (χ4n) is 12.1. The number of fused-ring (bicyclic) bond motifs is 2. The Morgan fingerprint density at radius 2 is 1.67 bits per heavy atom. The average molecular weight is 1060 g/mol. The number of ether oxygens (including phenoxy) is 1. The Balaban J connectivity index is 0.649. The normalized spacial score (nSPS) is 20.9. The number of nitrogens with zero attached hydrogens (tertiary/aromatic N) is 9. The Labute approximate surface area is 427 Å². The summed E-state index contributed by atoms with van der Waals surface area (Å²) < 4.78 is 33.9. The lowest BCUT2D eigenvalue weighted by Gasteiger charge is -2.60. The Kier molecular flexibility index (Phi) is 12.9. The molecule has 0 bridgehead atoms. The number of amides is 3. The number of methoxy groups -OCH3 is 1. The van der Waals surface area contributed by atoms with Crippen LogP contribution in [0.1, 0.15) is 66.9 Å². The van der Waals surface area contributed by atoms with Gasteiger partial charge in [-0.25, -0.2) is 13.4 Å². The number of hydrogen-bond acceptors (Lipinski definition) is 16. The summed E-state index contributed by atoms with van der Waals surface area (Å²) in [6, 6.07) is 13.8. The molecule has 4 N–H and O–H groups in total. The summed E-state index contributed by atoms with van der Waals surface area (Å²) >= 11 is 3.55. The van der Waals surface area contributed by atoms with Crippen molar-refractivity contribution < 1.29 is 27.5 Å². The van der Waals surface area contributed by atoms with E-state index >= 15 is 0 Å². The zero-order valence-corrected chi connectivity index (χ0v) is 43.2. The minimum Gasteiger partial charge on any atom is -0.494 e. The molecule has 11 rings (SSSR count). The Morgan fingerprint density at radius 3 is 2.40 bits per heavy atom. The minimum atomic E-state index is -3.65. The molecule has 378 valence electrons. The van der Waals surface area contributed by atoms with Crippen molar-refractivity contribution in [1.82, 2.24) is 40.0 Å². The van der Waals surface area contributed by atoms with E-state index in [4.69, 9.17) is 9.72 Å². The molecule has 5 aliphatic heterocycles. The number of halogens is 1. The highest BCUT2D eigenvalue weighted by Crippen LogP contribution is 2.53. The van der Waals surface area contributed by atoms with Crippen molar-refractivity contribution in [2.75, 3.05) is 97.4 Å². The number of sulfonamides is 1. The summed E-state index contributed by atoms with van der Waals surface area (Å²) in [6.07, 6.45) is 12.0. The van der Waals surface area contributed by atoms with Gasteiger partial charge in [0.2, 0.25) is 27.8 Å². The number of carbonyl (C=O) groups excluding carboxylic acids is 3. The number of aromatic nitrogens is 4. The van der Waals surface area contributed by atoms with Gasteiger partial charge in [-0.05, 0) is 108 Å². The summed E-state index contributed by atoms with van der Waals surface area (Å²) in [4.78, 5) is 67.4. The lowest BCUT2D eigenvalue weighted by Crippen LogP contribution is -2.64. The minimum absolute atomic E-state index is 0.124. The molecule has 3 amide bonds. The second-order valence-corrected chi connectivity index (χ2v) is 23.0. The van der Waals surface area contributed by atoms with Crippen molar-refractivity contribution in [2.24, 2.45) is 11.3 Å². The van der Waals surface area contributed by atoms with E-state index in [1.54, 1.807) is 36.5 Å². The highest BCUT2D eigenvalue weighted by Gasteiger charge is 2.53. The standard InChI is InChI=1S/C51H60BrN13O6S/c1-4-32-22-40(57-50-55-26-37(52)47(59-50)56-39-8-7-38-45(54-14-13-53-38)46(39)60-72(3,69)70)43(71-2)23-42(32)63-15-11-34(12-16-63)62-19-17-61(18-20-62)27-31-24-51(25-31)29-64(30-51)35-5-6-36-33(21-35)28-65(49(36)68)41-9-10-44(66)58-48(41)67/h5-8,13-14,21-23,26,31,34,41,60H,4,9-12,15-20,24-25,27-30H2,1-3H3,(H,58,66,67)(H2,55,56,57,59). The molecular formula is C51H60BrN13O6S. The molecule has 1 spiro atoms. The molecule has 5 aromatic rings. The quantitative estimate of drug-likeness (QED) is 0.0958. The lowest BCUT2D eigenvalue weighted by atomic mass is 9.57. The molecule has 19 nitrogen and oxygen atoms in total. The molecule has 1 saturated carbocycles. The number of benzene rings is 3. The van der Waals surface area contributed by atoms with Gasteiger partial charge in [0.1, 0.15) is 23.1 Å². The zero-order valence-electron chi connectivity index (χ0n) is 40.8. The highest BCUT2D eigenvalue weighted by molar-refractivity contribution is 9.10. The van der Waals surface area contributed by atoms with E-state index in [0.717, 1.165) is 101 Å². The molecule has 3 aromatic carbocycles. The molecule has 72 heavy (non-hydrogen) atoms. The van der Waals surface area contributed by atoms with Crippen molar-refractivity contribution >= 4 is 94.9 Å². The van der Waals surface area contributed by atoms with Crippen molar-refractivity contribution in [3.05, 3.63) is 82.2 Å². The first-order chi connectivity index (χ1) is 34.7. The lowest BCUT2D eigenvalue weighted by molar-refractivity contribution is -0.136. The fraction of sp³-hybridized carbons (Fsp3) is 0.471. The number of piperidine rings is 2. The van der Waals surface area contributed by atoms with Gasteiger partial charge in [0.25, 0.3) is 5.91 Å². The van der Waals surface area contributed by atoms with Crippen LogP contribution in [0.25, 0.3) is 11.0 Å². The number of nitrogens with one attached hydrogen (secondary N) is 4. The summed E-state index contributed by atoms with van der Waals surface area (Å²) in [5.41, 5.74) is 7.93. The highest BCUT2D eigenvalue weighted by atomic mass is 79.9. The summed E-state index contributed by atoms with van der Waals surface area (Å²) in [5.74, 6) is 1.39. The van der Waals surface area contributed by atoms with Crippen LogP contribution in [0.5, 0.6) is 5.75 Å². The maximum Gasteiger partial charge on any atom is 0.255 e. The van der Waals surface area contributed by atoms with E-state index < -0.39 is 16.1 Å². The molecular weight excluding hydrogens is 1000 g/mol. The predicted molar refractivity (Wildman–Crippen MR) is 280 cm³/mol. The van der Waals surface area contributed by atoms with Crippen molar-refractivity contribution in [1.29, 1.82) is 0 Å². The first kappa shape index (κ1) is 48.1. The number of rotatable bonds is 14. The van der Waals surface area contributed by atoms with Gasteiger partial charge in [0.05, 0.1) is 40.4 Å². The van der Waals surface area contributed by atoms with E-state index in [1.807, 2.05) is 6.07 Å². The van der Waals surface area contributed by atoms with Crippen LogP contribution in [0.4, 0.5) is 40.2 Å². The second kappa shape index (κ2) is 19.4. The van der Waals surface area contributed by atoms with Gasteiger partial charge >= 0.3 is 0 Å². The van der Waals surface area contributed by atoms with Gasteiger partial charge in [-0.15, -0.1) is 0 Å². The van der Waals surface area contributed by atoms with E-state index in [-0.39, 0.29) is 29.8 Å². The third-order valence-electron chi connectivity index (χ3n) is 15.6. The maximum atomic E-state index is 13.2. The van der Waals surface area contributed by atoms with Crippen LogP contribution in [0.3, 0.4) is 0 Å². The molecule has 0 radical (unpaired) electrons. The molecule has 21 heteroatoms. The van der Waals surface area contributed by atoms with Crippen LogP contribution >= 0.6 is 15.9 Å². The predicted octanol–water partition coefficient (Wildman–Crippen LogP) is 5.88.